The summed E-state index contributed by atoms with van der Waals surface area (Å²) >= 11 is 12.0. The van der Waals surface area contributed by atoms with Crippen LogP contribution < -0.4 is 5.32 Å². The van der Waals surface area contributed by atoms with Gasteiger partial charge in [-0.05, 0) is 30.9 Å². The van der Waals surface area contributed by atoms with Crippen LogP contribution in [0.2, 0.25) is 10.0 Å². The van der Waals surface area contributed by atoms with Crippen molar-refractivity contribution in [2.75, 3.05) is 25.0 Å². The maximum absolute atomic E-state index is 12.1. The van der Waals surface area contributed by atoms with Gasteiger partial charge in [0.25, 0.3) is 0 Å². The molecule has 0 spiro atoms. The average Bonchev–Trinajstić information content (AvgIpc) is 2.41. The highest BCUT2D eigenvalue weighted by Gasteiger charge is 2.20. The molecule has 0 bridgehead atoms. The second-order valence-corrected chi connectivity index (χ2v) is 5.80. The third kappa shape index (κ3) is 3.77. The number of nitrogens with zero attached hydrogens (tertiary/aromatic N) is 1. The first-order valence-electron chi connectivity index (χ1n) is 6.53. The fraction of sp³-hybridized carbons (Fsp3) is 0.500. The molecule has 1 saturated heterocycles. The summed E-state index contributed by atoms with van der Waals surface area (Å²) in [5.74, 6) is 0.835. The smallest absolute Gasteiger partial charge is 0.241 e. The molecule has 19 heavy (non-hydrogen) atoms. The standard InChI is InChI=1S/C14H18Cl2N2O/c1-10-5-7-18(8-6-10)13(19)9-17-12-4-2-3-11(15)14(12)16/h2-4,10,17H,5-9H2,1H3. The van der Waals surface area contributed by atoms with Crippen LogP contribution in [-0.4, -0.2) is 30.4 Å². The van der Waals surface area contributed by atoms with Crippen molar-refractivity contribution in [3.05, 3.63) is 28.2 Å². The van der Waals surface area contributed by atoms with Crippen molar-refractivity contribution in [2.24, 2.45) is 5.92 Å². The van der Waals surface area contributed by atoms with E-state index in [2.05, 4.69) is 12.2 Å². The van der Waals surface area contributed by atoms with E-state index >= 15 is 0 Å². The fourth-order valence-electron chi connectivity index (χ4n) is 2.18. The zero-order valence-corrected chi connectivity index (χ0v) is 12.5. The van der Waals surface area contributed by atoms with E-state index in [1.807, 2.05) is 17.0 Å². The van der Waals surface area contributed by atoms with Crippen molar-refractivity contribution in [3.63, 3.8) is 0 Å². The molecule has 5 heteroatoms. The van der Waals surface area contributed by atoms with E-state index in [1.165, 1.54) is 0 Å². The molecule has 0 unspecified atom stereocenters. The molecule has 1 aromatic carbocycles. The highest BCUT2D eigenvalue weighted by atomic mass is 35.5. The summed E-state index contributed by atoms with van der Waals surface area (Å²) in [5, 5.41) is 4.01. The molecular weight excluding hydrogens is 283 g/mol. The zero-order valence-electron chi connectivity index (χ0n) is 11.0. The van der Waals surface area contributed by atoms with Crippen molar-refractivity contribution in [1.82, 2.24) is 4.90 Å². The number of piperidine rings is 1. The molecule has 2 rings (SSSR count). The molecule has 1 fully saturated rings. The molecule has 1 amide bonds. The third-order valence-electron chi connectivity index (χ3n) is 3.52. The lowest BCUT2D eigenvalue weighted by molar-refractivity contribution is -0.130. The Morgan fingerprint density at radius 1 is 1.37 bits per heavy atom. The molecule has 1 N–H and O–H groups in total. The van der Waals surface area contributed by atoms with Gasteiger partial charge in [-0.1, -0.05) is 36.2 Å². The van der Waals surface area contributed by atoms with Gasteiger partial charge >= 0.3 is 0 Å². The number of rotatable bonds is 3. The Kier molecular flexibility index (Phi) is 4.94. The molecule has 104 valence electrons. The fourth-order valence-corrected chi connectivity index (χ4v) is 2.55. The van der Waals surface area contributed by atoms with E-state index in [9.17, 15) is 4.79 Å². The number of carbonyl (C=O) groups is 1. The van der Waals surface area contributed by atoms with Crippen molar-refractivity contribution < 1.29 is 4.79 Å². The Hall–Kier alpha value is -0.930. The van der Waals surface area contributed by atoms with Crippen LogP contribution in [0.5, 0.6) is 0 Å². The van der Waals surface area contributed by atoms with Crippen molar-refractivity contribution in [1.29, 1.82) is 0 Å². The first kappa shape index (κ1) is 14.5. The monoisotopic (exact) mass is 300 g/mol. The number of hydrogen-bond donors (Lipinski definition) is 1. The largest absolute Gasteiger partial charge is 0.375 e. The molecule has 0 saturated carbocycles. The van der Waals surface area contributed by atoms with E-state index < -0.39 is 0 Å². The van der Waals surface area contributed by atoms with Gasteiger partial charge in [-0.15, -0.1) is 0 Å². The Bertz CT molecular complexity index is 457. The van der Waals surface area contributed by atoms with Gasteiger partial charge < -0.3 is 10.2 Å². The topological polar surface area (TPSA) is 32.3 Å². The van der Waals surface area contributed by atoms with Gasteiger partial charge in [-0.3, -0.25) is 4.79 Å². The Balaban J connectivity index is 1.88. The lowest BCUT2D eigenvalue weighted by Gasteiger charge is -2.30. The summed E-state index contributed by atoms with van der Waals surface area (Å²) in [6.07, 6.45) is 2.17. The van der Waals surface area contributed by atoms with E-state index in [4.69, 9.17) is 23.2 Å². The lowest BCUT2D eigenvalue weighted by atomic mass is 9.99. The molecule has 3 nitrogen and oxygen atoms in total. The summed E-state index contributed by atoms with van der Waals surface area (Å²) in [6.45, 7) is 4.19. The summed E-state index contributed by atoms with van der Waals surface area (Å²) in [4.78, 5) is 14.0. The van der Waals surface area contributed by atoms with Gasteiger partial charge in [-0.25, -0.2) is 0 Å². The van der Waals surface area contributed by atoms with Crippen LogP contribution in [0.3, 0.4) is 0 Å². The number of anilines is 1. The van der Waals surface area contributed by atoms with Crippen molar-refractivity contribution in [2.45, 2.75) is 19.8 Å². The van der Waals surface area contributed by atoms with Crippen molar-refractivity contribution in [3.8, 4) is 0 Å². The molecule has 0 atom stereocenters. The van der Waals surface area contributed by atoms with Crippen LogP contribution in [0.1, 0.15) is 19.8 Å². The van der Waals surface area contributed by atoms with Gasteiger partial charge in [0.05, 0.1) is 22.3 Å². The number of halogens is 2. The molecule has 0 aliphatic carbocycles. The van der Waals surface area contributed by atoms with Crippen molar-refractivity contribution >= 4 is 34.8 Å². The van der Waals surface area contributed by atoms with Crippen LogP contribution >= 0.6 is 23.2 Å². The van der Waals surface area contributed by atoms with Gasteiger partial charge in [0.15, 0.2) is 0 Å². The Morgan fingerprint density at radius 2 is 2.05 bits per heavy atom. The number of amides is 1. The second-order valence-electron chi connectivity index (χ2n) is 5.02. The third-order valence-corrected chi connectivity index (χ3v) is 4.34. The molecule has 1 heterocycles. The van der Waals surface area contributed by atoms with Crippen LogP contribution in [0, 0.1) is 5.92 Å². The molecule has 0 aromatic heterocycles. The minimum absolute atomic E-state index is 0.114. The summed E-state index contributed by atoms with van der Waals surface area (Å²) in [6, 6.07) is 5.35. The first-order valence-corrected chi connectivity index (χ1v) is 7.29. The van der Waals surface area contributed by atoms with E-state index in [-0.39, 0.29) is 12.5 Å². The number of nitrogens with one attached hydrogen (secondary N) is 1. The Morgan fingerprint density at radius 3 is 2.74 bits per heavy atom. The molecule has 1 aromatic rings. The number of likely N-dealkylation sites (tertiary alicyclic amines) is 1. The minimum atomic E-state index is 0.114. The van der Waals surface area contributed by atoms with Gasteiger partial charge in [0, 0.05) is 13.1 Å². The quantitative estimate of drug-likeness (QED) is 0.924. The number of carbonyl (C=O) groups excluding carboxylic acids is 1. The predicted molar refractivity (Wildman–Crippen MR) is 79.9 cm³/mol. The van der Waals surface area contributed by atoms with Gasteiger partial charge in [0.1, 0.15) is 0 Å². The summed E-state index contributed by atoms with van der Waals surface area (Å²) < 4.78 is 0. The maximum atomic E-state index is 12.1. The van der Waals surface area contributed by atoms with E-state index in [1.54, 1.807) is 6.07 Å². The summed E-state index contributed by atoms with van der Waals surface area (Å²) in [5.41, 5.74) is 0.702. The second kappa shape index (κ2) is 6.49. The maximum Gasteiger partial charge on any atom is 0.241 e. The van der Waals surface area contributed by atoms with Crippen LogP contribution in [0.4, 0.5) is 5.69 Å². The highest BCUT2D eigenvalue weighted by molar-refractivity contribution is 6.43. The normalized spacial score (nSPS) is 16.5. The highest BCUT2D eigenvalue weighted by Crippen LogP contribution is 2.29. The predicted octanol–water partition coefficient (Wildman–Crippen LogP) is 3.66. The van der Waals surface area contributed by atoms with Crippen LogP contribution in [0.15, 0.2) is 18.2 Å². The Labute approximate surface area is 123 Å². The van der Waals surface area contributed by atoms with Gasteiger partial charge in [0.2, 0.25) is 5.91 Å². The van der Waals surface area contributed by atoms with Crippen LogP contribution in [-0.2, 0) is 4.79 Å². The van der Waals surface area contributed by atoms with Crippen LogP contribution in [0.25, 0.3) is 0 Å². The molecular formula is C14H18Cl2N2O. The number of benzene rings is 1. The van der Waals surface area contributed by atoms with Gasteiger partial charge in [-0.2, -0.15) is 0 Å². The van der Waals surface area contributed by atoms with E-state index in [0.717, 1.165) is 31.8 Å². The first-order chi connectivity index (χ1) is 9.08. The summed E-state index contributed by atoms with van der Waals surface area (Å²) in [7, 11) is 0. The molecule has 1 aliphatic heterocycles. The van der Waals surface area contributed by atoms with E-state index in [0.29, 0.717) is 15.7 Å². The number of hydrogen-bond acceptors (Lipinski definition) is 2. The minimum Gasteiger partial charge on any atom is -0.375 e. The lowest BCUT2D eigenvalue weighted by Crippen LogP contribution is -2.40. The molecule has 0 radical (unpaired) electrons. The average molecular weight is 301 g/mol. The molecule has 1 aliphatic rings. The zero-order chi connectivity index (χ0) is 13.8. The SMILES string of the molecule is CC1CCN(C(=O)CNc2cccc(Cl)c2Cl)CC1.